The van der Waals surface area contributed by atoms with E-state index in [4.69, 9.17) is 0 Å². The number of hydrogen-bond acceptors (Lipinski definition) is 3. The van der Waals surface area contributed by atoms with E-state index < -0.39 is 21.7 Å². The smallest absolute Gasteiger partial charge is 0.255 e. The molecular weight excluding hydrogens is 387 g/mol. The maximum absolute atomic E-state index is 13.7. The molecule has 0 aliphatic heterocycles. The summed E-state index contributed by atoms with van der Waals surface area (Å²) in [5.41, 5.74) is 0.707. The van der Waals surface area contributed by atoms with Crippen LogP contribution >= 0.6 is 15.9 Å². The highest BCUT2D eigenvalue weighted by Gasteiger charge is 2.11. The topological polar surface area (TPSA) is 75.3 Å². The maximum Gasteiger partial charge on any atom is 0.255 e. The van der Waals surface area contributed by atoms with E-state index in [-0.39, 0.29) is 17.0 Å². The molecule has 2 N–H and O–H groups in total. The molecule has 0 aliphatic carbocycles. The van der Waals surface area contributed by atoms with Crippen LogP contribution in [0, 0.1) is 5.82 Å². The second kappa shape index (κ2) is 7.10. The molecule has 0 atom stereocenters. The minimum Gasteiger partial charge on any atom is -0.319 e. The molecule has 0 bridgehead atoms. The lowest BCUT2D eigenvalue weighted by atomic mass is 10.2. The third kappa shape index (κ3) is 4.77. The van der Waals surface area contributed by atoms with Crippen LogP contribution in [0.3, 0.4) is 0 Å². The molecule has 5 nitrogen and oxygen atoms in total. The SMILES string of the molecule is CCS(=O)(=O)Nc1ccc(C(=O)Nc2ccc(Br)cc2F)cc1. The fourth-order valence-corrected chi connectivity index (χ4v) is 2.70. The molecule has 122 valence electrons. The lowest BCUT2D eigenvalue weighted by Crippen LogP contribution is -2.15. The quantitative estimate of drug-likeness (QED) is 0.804. The summed E-state index contributed by atoms with van der Waals surface area (Å²) in [5.74, 6) is -1.09. The van der Waals surface area contributed by atoms with Crippen LogP contribution in [0.2, 0.25) is 0 Å². The Kier molecular flexibility index (Phi) is 5.38. The molecule has 0 fully saturated rings. The van der Waals surface area contributed by atoms with E-state index in [2.05, 4.69) is 26.0 Å². The van der Waals surface area contributed by atoms with Gasteiger partial charge in [0.15, 0.2) is 0 Å². The van der Waals surface area contributed by atoms with E-state index in [1.807, 2.05) is 0 Å². The number of rotatable bonds is 5. The van der Waals surface area contributed by atoms with Crippen LogP contribution in [-0.2, 0) is 10.0 Å². The molecule has 0 heterocycles. The molecule has 2 rings (SSSR count). The van der Waals surface area contributed by atoms with Gasteiger partial charge in [0.05, 0.1) is 11.4 Å². The first-order valence-corrected chi connectivity index (χ1v) is 9.12. The minimum absolute atomic E-state index is 0.0436. The van der Waals surface area contributed by atoms with Gasteiger partial charge in [-0.15, -0.1) is 0 Å². The molecule has 0 unspecified atom stereocenters. The zero-order valence-corrected chi connectivity index (χ0v) is 14.5. The third-order valence-corrected chi connectivity index (χ3v) is 4.78. The number of carbonyl (C=O) groups is 1. The lowest BCUT2D eigenvalue weighted by Gasteiger charge is -2.09. The van der Waals surface area contributed by atoms with E-state index in [0.717, 1.165) is 0 Å². The Balaban J connectivity index is 2.11. The van der Waals surface area contributed by atoms with E-state index >= 15 is 0 Å². The van der Waals surface area contributed by atoms with Gasteiger partial charge >= 0.3 is 0 Å². The van der Waals surface area contributed by atoms with Crippen molar-refractivity contribution in [2.24, 2.45) is 0 Å². The molecule has 0 radical (unpaired) electrons. The van der Waals surface area contributed by atoms with Gasteiger partial charge in [-0.3, -0.25) is 9.52 Å². The van der Waals surface area contributed by atoms with Crippen LogP contribution in [0.25, 0.3) is 0 Å². The molecule has 2 aromatic rings. The van der Waals surface area contributed by atoms with Crippen molar-refractivity contribution in [2.75, 3.05) is 15.8 Å². The molecule has 0 aliphatic rings. The Morgan fingerprint density at radius 3 is 2.39 bits per heavy atom. The summed E-state index contributed by atoms with van der Waals surface area (Å²) in [6, 6.07) is 10.2. The van der Waals surface area contributed by atoms with Crippen LogP contribution in [0.1, 0.15) is 17.3 Å². The molecule has 0 spiro atoms. The molecule has 0 saturated carbocycles. The summed E-state index contributed by atoms with van der Waals surface area (Å²) >= 11 is 3.14. The van der Waals surface area contributed by atoms with Crippen LogP contribution in [0.5, 0.6) is 0 Å². The second-order valence-corrected chi connectivity index (χ2v) is 7.59. The zero-order chi connectivity index (χ0) is 17.0. The van der Waals surface area contributed by atoms with Crippen molar-refractivity contribution in [1.29, 1.82) is 0 Å². The fourth-order valence-electron chi connectivity index (χ4n) is 1.73. The van der Waals surface area contributed by atoms with Crippen molar-refractivity contribution in [3.63, 3.8) is 0 Å². The van der Waals surface area contributed by atoms with Crippen molar-refractivity contribution in [3.8, 4) is 0 Å². The normalized spacial score (nSPS) is 11.1. The van der Waals surface area contributed by atoms with Crippen LogP contribution < -0.4 is 10.0 Å². The van der Waals surface area contributed by atoms with Gasteiger partial charge in [0.2, 0.25) is 10.0 Å². The average molecular weight is 401 g/mol. The molecule has 0 saturated heterocycles. The Morgan fingerprint density at radius 1 is 1.17 bits per heavy atom. The van der Waals surface area contributed by atoms with Gasteiger partial charge in [-0.2, -0.15) is 0 Å². The monoisotopic (exact) mass is 400 g/mol. The summed E-state index contributed by atoms with van der Waals surface area (Å²) < 4.78 is 39.6. The van der Waals surface area contributed by atoms with Crippen LogP contribution in [0.15, 0.2) is 46.9 Å². The number of benzene rings is 2. The third-order valence-electron chi connectivity index (χ3n) is 2.98. The Bertz CT molecular complexity index is 823. The molecule has 8 heteroatoms. The first-order chi connectivity index (χ1) is 10.8. The van der Waals surface area contributed by atoms with Gasteiger partial charge in [0.25, 0.3) is 5.91 Å². The highest BCUT2D eigenvalue weighted by molar-refractivity contribution is 9.10. The van der Waals surface area contributed by atoms with Gasteiger partial charge in [-0.05, 0) is 49.4 Å². The first-order valence-electron chi connectivity index (χ1n) is 6.67. The highest BCUT2D eigenvalue weighted by Crippen LogP contribution is 2.20. The molecular formula is C15H14BrFN2O3S. The van der Waals surface area contributed by atoms with Gasteiger partial charge in [-0.25, -0.2) is 12.8 Å². The number of hydrogen-bond donors (Lipinski definition) is 2. The van der Waals surface area contributed by atoms with Gasteiger partial charge < -0.3 is 5.32 Å². The van der Waals surface area contributed by atoms with Crippen molar-refractivity contribution < 1.29 is 17.6 Å². The summed E-state index contributed by atoms with van der Waals surface area (Å²) in [6.45, 7) is 1.52. The minimum atomic E-state index is -3.37. The molecule has 2 aromatic carbocycles. The predicted molar refractivity (Wildman–Crippen MR) is 91.6 cm³/mol. The summed E-state index contributed by atoms with van der Waals surface area (Å²) in [7, 11) is -3.37. The molecule has 0 aromatic heterocycles. The molecule has 23 heavy (non-hydrogen) atoms. The second-order valence-electron chi connectivity index (χ2n) is 4.66. The van der Waals surface area contributed by atoms with Crippen molar-refractivity contribution in [3.05, 3.63) is 58.3 Å². The van der Waals surface area contributed by atoms with E-state index in [1.54, 1.807) is 6.07 Å². The number of nitrogens with one attached hydrogen (secondary N) is 2. The van der Waals surface area contributed by atoms with E-state index in [0.29, 0.717) is 10.2 Å². The van der Waals surface area contributed by atoms with Gasteiger partial charge in [0, 0.05) is 15.7 Å². The first kappa shape index (κ1) is 17.4. The Hall–Kier alpha value is -1.93. The zero-order valence-electron chi connectivity index (χ0n) is 12.1. The largest absolute Gasteiger partial charge is 0.319 e. The standard InChI is InChI=1S/C15H14BrFN2O3S/c1-2-23(21,22)19-12-6-3-10(4-7-12)15(20)18-14-8-5-11(16)9-13(14)17/h3-9,19H,2H2,1H3,(H,18,20). The van der Waals surface area contributed by atoms with Crippen LogP contribution in [0.4, 0.5) is 15.8 Å². The van der Waals surface area contributed by atoms with Crippen molar-refractivity contribution in [2.45, 2.75) is 6.92 Å². The van der Waals surface area contributed by atoms with Crippen molar-refractivity contribution in [1.82, 2.24) is 0 Å². The fraction of sp³-hybridized carbons (Fsp3) is 0.133. The summed E-state index contributed by atoms with van der Waals surface area (Å²) in [4.78, 5) is 12.1. The average Bonchev–Trinajstić information content (AvgIpc) is 2.50. The number of sulfonamides is 1. The Morgan fingerprint density at radius 2 is 1.83 bits per heavy atom. The van der Waals surface area contributed by atoms with E-state index in [1.165, 1.54) is 43.3 Å². The summed E-state index contributed by atoms with van der Waals surface area (Å²) in [5, 5.41) is 2.46. The lowest BCUT2D eigenvalue weighted by molar-refractivity contribution is 0.102. The van der Waals surface area contributed by atoms with Crippen LogP contribution in [-0.4, -0.2) is 20.1 Å². The number of amides is 1. The maximum atomic E-state index is 13.7. The summed E-state index contributed by atoms with van der Waals surface area (Å²) in [6.07, 6.45) is 0. The number of halogens is 2. The number of anilines is 2. The highest BCUT2D eigenvalue weighted by atomic mass is 79.9. The van der Waals surface area contributed by atoms with Gasteiger partial charge in [0.1, 0.15) is 5.82 Å². The predicted octanol–water partition coefficient (Wildman–Crippen LogP) is 3.60. The Labute approximate surface area is 142 Å². The van der Waals surface area contributed by atoms with Gasteiger partial charge in [-0.1, -0.05) is 15.9 Å². The number of carbonyl (C=O) groups excluding carboxylic acids is 1. The van der Waals surface area contributed by atoms with E-state index in [9.17, 15) is 17.6 Å². The molecule has 1 amide bonds. The van der Waals surface area contributed by atoms with Crippen molar-refractivity contribution >= 4 is 43.2 Å².